The lowest BCUT2D eigenvalue weighted by Gasteiger charge is -2.31. The van der Waals surface area contributed by atoms with Crippen LogP contribution in [0.4, 0.5) is 5.69 Å². The first-order valence-electron chi connectivity index (χ1n) is 4.73. The zero-order chi connectivity index (χ0) is 9.42. The van der Waals surface area contributed by atoms with E-state index in [4.69, 9.17) is 5.73 Å². The molecule has 0 aromatic heterocycles. The van der Waals surface area contributed by atoms with Gasteiger partial charge in [0.15, 0.2) is 0 Å². The Balaban J connectivity index is 2.43. The van der Waals surface area contributed by atoms with E-state index in [0.29, 0.717) is 6.04 Å². The van der Waals surface area contributed by atoms with Crippen LogP contribution in [0.3, 0.4) is 0 Å². The van der Waals surface area contributed by atoms with E-state index < -0.39 is 0 Å². The normalized spacial score (nSPS) is 21.5. The van der Waals surface area contributed by atoms with Crippen LogP contribution in [-0.2, 0) is 6.42 Å². The number of nitrogens with zero attached hydrogens (tertiary/aromatic N) is 1. The first-order chi connectivity index (χ1) is 6.16. The highest BCUT2D eigenvalue weighted by Gasteiger charge is 2.18. The third-order valence-electron chi connectivity index (χ3n) is 2.64. The van der Waals surface area contributed by atoms with Crippen LogP contribution in [0.25, 0.3) is 0 Å². The lowest BCUT2D eigenvalue weighted by Crippen LogP contribution is -2.41. The summed E-state index contributed by atoms with van der Waals surface area (Å²) in [6.07, 6.45) is 1.01. The Morgan fingerprint density at radius 2 is 2.23 bits per heavy atom. The van der Waals surface area contributed by atoms with Crippen molar-refractivity contribution in [2.75, 3.05) is 18.5 Å². The number of anilines is 1. The Labute approximate surface area is 79.4 Å². The third kappa shape index (κ3) is 1.54. The summed E-state index contributed by atoms with van der Waals surface area (Å²) in [6.45, 7) is 3.10. The van der Waals surface area contributed by atoms with Crippen molar-refractivity contribution in [3.05, 3.63) is 29.3 Å². The standard InChI is InChI=1S/C11H16N2/c1-8-3-4-9-6-10(12)7-13(2)11(9)5-8/h3-5,10H,6-7,12H2,1-2H3. The van der Waals surface area contributed by atoms with Gasteiger partial charge in [0.25, 0.3) is 0 Å². The van der Waals surface area contributed by atoms with Gasteiger partial charge in [-0.15, -0.1) is 0 Å². The van der Waals surface area contributed by atoms with Crippen LogP contribution in [-0.4, -0.2) is 19.6 Å². The van der Waals surface area contributed by atoms with Crippen molar-refractivity contribution in [2.45, 2.75) is 19.4 Å². The Morgan fingerprint density at radius 3 is 3.00 bits per heavy atom. The summed E-state index contributed by atoms with van der Waals surface area (Å²) in [7, 11) is 2.11. The number of hydrogen-bond acceptors (Lipinski definition) is 2. The van der Waals surface area contributed by atoms with Crippen LogP contribution in [0.15, 0.2) is 18.2 Å². The van der Waals surface area contributed by atoms with Gasteiger partial charge in [-0.05, 0) is 30.5 Å². The summed E-state index contributed by atoms with van der Waals surface area (Å²) in [5.74, 6) is 0. The lowest BCUT2D eigenvalue weighted by molar-refractivity contribution is 0.627. The zero-order valence-corrected chi connectivity index (χ0v) is 8.25. The number of hydrogen-bond donors (Lipinski definition) is 1. The molecule has 1 aliphatic heterocycles. The van der Waals surface area contributed by atoms with Crippen molar-refractivity contribution in [3.8, 4) is 0 Å². The van der Waals surface area contributed by atoms with Crippen molar-refractivity contribution in [1.82, 2.24) is 0 Å². The lowest BCUT2D eigenvalue weighted by atomic mass is 9.97. The largest absolute Gasteiger partial charge is 0.373 e. The Kier molecular flexibility index (Phi) is 2.00. The molecule has 1 aromatic rings. The smallest absolute Gasteiger partial charge is 0.0399 e. The molecule has 2 heteroatoms. The van der Waals surface area contributed by atoms with Gasteiger partial charge in [0.1, 0.15) is 0 Å². The number of fused-ring (bicyclic) bond motifs is 1. The fourth-order valence-corrected chi connectivity index (χ4v) is 2.00. The zero-order valence-electron chi connectivity index (χ0n) is 8.25. The minimum Gasteiger partial charge on any atom is -0.373 e. The molecule has 1 heterocycles. The number of likely N-dealkylation sites (N-methyl/N-ethyl adjacent to an activating group) is 1. The number of nitrogens with two attached hydrogens (primary N) is 1. The van der Waals surface area contributed by atoms with Gasteiger partial charge >= 0.3 is 0 Å². The van der Waals surface area contributed by atoms with Crippen LogP contribution < -0.4 is 10.6 Å². The summed E-state index contributed by atoms with van der Waals surface area (Å²) < 4.78 is 0. The van der Waals surface area contributed by atoms with Gasteiger partial charge in [0.05, 0.1) is 0 Å². The van der Waals surface area contributed by atoms with Crippen molar-refractivity contribution in [3.63, 3.8) is 0 Å². The van der Waals surface area contributed by atoms with Gasteiger partial charge in [-0.3, -0.25) is 0 Å². The average Bonchev–Trinajstić information content (AvgIpc) is 2.06. The minimum atomic E-state index is 0.292. The van der Waals surface area contributed by atoms with Gasteiger partial charge in [-0.1, -0.05) is 12.1 Å². The molecule has 13 heavy (non-hydrogen) atoms. The molecule has 0 saturated heterocycles. The van der Waals surface area contributed by atoms with Gasteiger partial charge < -0.3 is 10.6 Å². The monoisotopic (exact) mass is 176 g/mol. The molecule has 1 aromatic carbocycles. The summed E-state index contributed by atoms with van der Waals surface area (Å²) in [5.41, 5.74) is 9.99. The highest BCUT2D eigenvalue weighted by atomic mass is 15.1. The van der Waals surface area contributed by atoms with Crippen molar-refractivity contribution in [2.24, 2.45) is 5.73 Å². The van der Waals surface area contributed by atoms with Crippen molar-refractivity contribution in [1.29, 1.82) is 0 Å². The highest BCUT2D eigenvalue weighted by molar-refractivity contribution is 5.57. The van der Waals surface area contributed by atoms with E-state index >= 15 is 0 Å². The molecule has 2 rings (SSSR count). The van der Waals surface area contributed by atoms with Gasteiger partial charge in [0, 0.05) is 25.3 Å². The quantitative estimate of drug-likeness (QED) is 0.646. The van der Waals surface area contributed by atoms with E-state index in [1.165, 1.54) is 16.8 Å². The molecule has 1 unspecified atom stereocenters. The molecule has 0 spiro atoms. The Bertz CT molecular complexity index is 320. The first-order valence-corrected chi connectivity index (χ1v) is 4.73. The average molecular weight is 176 g/mol. The molecule has 1 aliphatic rings. The van der Waals surface area contributed by atoms with E-state index in [2.05, 4.69) is 37.1 Å². The third-order valence-corrected chi connectivity index (χ3v) is 2.64. The Morgan fingerprint density at radius 1 is 1.46 bits per heavy atom. The maximum atomic E-state index is 5.94. The Hall–Kier alpha value is -1.02. The second-order valence-electron chi connectivity index (χ2n) is 3.98. The van der Waals surface area contributed by atoms with Crippen LogP contribution in [0, 0.1) is 6.92 Å². The maximum Gasteiger partial charge on any atom is 0.0399 e. The second kappa shape index (κ2) is 3.04. The van der Waals surface area contributed by atoms with Crippen LogP contribution in [0.1, 0.15) is 11.1 Å². The molecule has 0 bridgehead atoms. The van der Waals surface area contributed by atoms with Gasteiger partial charge in [0.2, 0.25) is 0 Å². The molecule has 0 radical (unpaired) electrons. The topological polar surface area (TPSA) is 29.3 Å². The molecule has 0 aliphatic carbocycles. The number of benzene rings is 1. The molecule has 70 valence electrons. The van der Waals surface area contributed by atoms with E-state index in [-0.39, 0.29) is 0 Å². The van der Waals surface area contributed by atoms with E-state index in [1.54, 1.807) is 0 Å². The van der Waals surface area contributed by atoms with E-state index in [9.17, 15) is 0 Å². The molecule has 0 amide bonds. The number of aryl methyl sites for hydroxylation is 1. The second-order valence-corrected chi connectivity index (χ2v) is 3.98. The molecule has 1 atom stereocenters. The molecule has 0 fully saturated rings. The molecule has 2 N–H and O–H groups in total. The number of rotatable bonds is 0. The summed E-state index contributed by atoms with van der Waals surface area (Å²) >= 11 is 0. The molecule has 0 saturated carbocycles. The SMILES string of the molecule is Cc1ccc2c(c1)N(C)CC(N)C2. The minimum absolute atomic E-state index is 0.292. The molecule has 2 nitrogen and oxygen atoms in total. The van der Waals surface area contributed by atoms with Crippen LogP contribution in [0.5, 0.6) is 0 Å². The van der Waals surface area contributed by atoms with Crippen molar-refractivity contribution >= 4 is 5.69 Å². The van der Waals surface area contributed by atoms with Gasteiger partial charge in [-0.25, -0.2) is 0 Å². The highest BCUT2D eigenvalue weighted by Crippen LogP contribution is 2.26. The first kappa shape index (κ1) is 8.57. The fraction of sp³-hybridized carbons (Fsp3) is 0.455. The summed E-state index contributed by atoms with van der Waals surface area (Å²) in [4.78, 5) is 2.25. The predicted molar refractivity (Wildman–Crippen MR) is 56.1 cm³/mol. The predicted octanol–water partition coefficient (Wildman–Crippen LogP) is 1.31. The van der Waals surface area contributed by atoms with Crippen LogP contribution in [0.2, 0.25) is 0 Å². The molecular formula is C11H16N2. The van der Waals surface area contributed by atoms with Crippen LogP contribution >= 0.6 is 0 Å². The van der Waals surface area contributed by atoms with Gasteiger partial charge in [-0.2, -0.15) is 0 Å². The summed E-state index contributed by atoms with van der Waals surface area (Å²) in [6, 6.07) is 6.88. The summed E-state index contributed by atoms with van der Waals surface area (Å²) in [5, 5.41) is 0. The maximum absolute atomic E-state index is 5.94. The van der Waals surface area contributed by atoms with Crippen molar-refractivity contribution < 1.29 is 0 Å². The molecular weight excluding hydrogens is 160 g/mol. The fourth-order valence-electron chi connectivity index (χ4n) is 2.00. The van der Waals surface area contributed by atoms with E-state index in [0.717, 1.165) is 13.0 Å². The van der Waals surface area contributed by atoms with E-state index in [1.807, 2.05) is 0 Å².